The minimum Gasteiger partial charge on any atom is -0.398 e. The number of benzene rings is 1. The number of nitrogens with two attached hydrogens (primary N) is 1. The third-order valence-corrected chi connectivity index (χ3v) is 3.56. The molecule has 18 heavy (non-hydrogen) atoms. The molecule has 98 valence electrons. The van der Waals surface area contributed by atoms with Crippen molar-refractivity contribution >= 4 is 11.6 Å². The van der Waals surface area contributed by atoms with Crippen molar-refractivity contribution in [1.82, 2.24) is 5.32 Å². The molecule has 4 N–H and O–H groups in total. The molecule has 1 aliphatic rings. The number of amides is 1. The van der Waals surface area contributed by atoms with Crippen molar-refractivity contribution < 1.29 is 9.90 Å². The van der Waals surface area contributed by atoms with Crippen molar-refractivity contribution in [2.45, 2.75) is 44.8 Å². The highest BCUT2D eigenvalue weighted by Gasteiger charge is 2.22. The Labute approximate surface area is 107 Å². The second-order valence-electron chi connectivity index (χ2n) is 5.02. The topological polar surface area (TPSA) is 75.4 Å². The SMILES string of the molecule is Cc1cccc(N)c1C(=O)NC1CCC(O)CC1. The van der Waals surface area contributed by atoms with Gasteiger partial charge in [-0.1, -0.05) is 12.1 Å². The Balaban J connectivity index is 2.04. The molecule has 0 bridgehead atoms. The second-order valence-corrected chi connectivity index (χ2v) is 5.02. The summed E-state index contributed by atoms with van der Waals surface area (Å²) >= 11 is 0. The zero-order valence-corrected chi connectivity index (χ0v) is 10.6. The molecule has 1 aliphatic carbocycles. The fourth-order valence-electron chi connectivity index (χ4n) is 2.48. The summed E-state index contributed by atoms with van der Waals surface area (Å²) in [5, 5.41) is 12.4. The average Bonchev–Trinajstić information content (AvgIpc) is 2.32. The molecule has 0 atom stereocenters. The van der Waals surface area contributed by atoms with Crippen LogP contribution in [0.3, 0.4) is 0 Å². The number of anilines is 1. The van der Waals surface area contributed by atoms with Crippen LogP contribution in [-0.2, 0) is 0 Å². The molecule has 0 spiro atoms. The van der Waals surface area contributed by atoms with Crippen LogP contribution < -0.4 is 11.1 Å². The number of carbonyl (C=O) groups is 1. The Morgan fingerprint density at radius 2 is 2.00 bits per heavy atom. The standard InChI is InChI=1S/C14H20N2O2/c1-9-3-2-4-12(15)13(9)14(18)16-10-5-7-11(17)8-6-10/h2-4,10-11,17H,5-8,15H2,1H3,(H,16,18). The number of aryl methyl sites for hydroxylation is 1. The van der Waals surface area contributed by atoms with E-state index in [4.69, 9.17) is 5.73 Å². The van der Waals surface area contributed by atoms with Crippen LogP contribution in [-0.4, -0.2) is 23.2 Å². The molecule has 4 nitrogen and oxygen atoms in total. The lowest BCUT2D eigenvalue weighted by Gasteiger charge is -2.26. The Kier molecular flexibility index (Phi) is 3.87. The fraction of sp³-hybridized carbons (Fsp3) is 0.500. The maximum Gasteiger partial charge on any atom is 0.253 e. The summed E-state index contributed by atoms with van der Waals surface area (Å²) < 4.78 is 0. The van der Waals surface area contributed by atoms with E-state index in [0.29, 0.717) is 11.3 Å². The zero-order valence-electron chi connectivity index (χ0n) is 10.6. The van der Waals surface area contributed by atoms with Gasteiger partial charge in [0.15, 0.2) is 0 Å². The van der Waals surface area contributed by atoms with E-state index < -0.39 is 0 Å². The number of nitrogen functional groups attached to an aromatic ring is 1. The van der Waals surface area contributed by atoms with Crippen molar-refractivity contribution in [3.8, 4) is 0 Å². The molecule has 4 heteroatoms. The largest absolute Gasteiger partial charge is 0.398 e. The van der Waals surface area contributed by atoms with Gasteiger partial charge in [0.2, 0.25) is 0 Å². The predicted octanol–water partition coefficient (Wildman–Crippen LogP) is 1.61. The quantitative estimate of drug-likeness (QED) is 0.696. The molecule has 0 radical (unpaired) electrons. The van der Waals surface area contributed by atoms with Gasteiger partial charge in [0, 0.05) is 11.7 Å². The van der Waals surface area contributed by atoms with E-state index in [2.05, 4.69) is 5.32 Å². The van der Waals surface area contributed by atoms with Crippen LogP contribution >= 0.6 is 0 Å². The van der Waals surface area contributed by atoms with Gasteiger partial charge in [-0.2, -0.15) is 0 Å². The average molecular weight is 248 g/mol. The molecular weight excluding hydrogens is 228 g/mol. The molecule has 2 rings (SSSR count). The molecule has 1 fully saturated rings. The van der Waals surface area contributed by atoms with Gasteiger partial charge in [-0.3, -0.25) is 4.79 Å². The summed E-state index contributed by atoms with van der Waals surface area (Å²) in [6, 6.07) is 5.63. The summed E-state index contributed by atoms with van der Waals surface area (Å²) in [6.07, 6.45) is 2.97. The first-order valence-corrected chi connectivity index (χ1v) is 6.42. The fourth-order valence-corrected chi connectivity index (χ4v) is 2.48. The van der Waals surface area contributed by atoms with E-state index >= 15 is 0 Å². The van der Waals surface area contributed by atoms with Gasteiger partial charge < -0.3 is 16.2 Å². The Morgan fingerprint density at radius 1 is 1.33 bits per heavy atom. The first kappa shape index (κ1) is 12.9. The Bertz CT molecular complexity index is 417. The van der Waals surface area contributed by atoms with Crippen LogP contribution in [0.25, 0.3) is 0 Å². The second kappa shape index (κ2) is 5.40. The van der Waals surface area contributed by atoms with E-state index in [1.807, 2.05) is 19.1 Å². The molecule has 0 aliphatic heterocycles. The lowest BCUT2D eigenvalue weighted by atomic mass is 9.92. The van der Waals surface area contributed by atoms with Crippen molar-refractivity contribution in [3.05, 3.63) is 29.3 Å². The van der Waals surface area contributed by atoms with Gasteiger partial charge in [-0.25, -0.2) is 0 Å². The number of hydrogen-bond donors (Lipinski definition) is 3. The first-order chi connectivity index (χ1) is 8.58. The summed E-state index contributed by atoms with van der Waals surface area (Å²) in [5.74, 6) is -0.105. The van der Waals surface area contributed by atoms with Crippen LogP contribution in [0.4, 0.5) is 5.69 Å². The number of rotatable bonds is 2. The monoisotopic (exact) mass is 248 g/mol. The summed E-state index contributed by atoms with van der Waals surface area (Å²) in [7, 11) is 0. The van der Waals surface area contributed by atoms with Gasteiger partial charge in [-0.15, -0.1) is 0 Å². The lowest BCUT2D eigenvalue weighted by Crippen LogP contribution is -2.39. The van der Waals surface area contributed by atoms with Crippen molar-refractivity contribution in [2.75, 3.05) is 5.73 Å². The molecule has 1 aromatic rings. The third-order valence-electron chi connectivity index (χ3n) is 3.56. The van der Waals surface area contributed by atoms with Gasteiger partial charge in [-0.05, 0) is 44.2 Å². The zero-order chi connectivity index (χ0) is 13.1. The minimum atomic E-state index is -0.207. The number of aliphatic hydroxyl groups excluding tert-OH is 1. The van der Waals surface area contributed by atoms with Gasteiger partial charge in [0.25, 0.3) is 5.91 Å². The van der Waals surface area contributed by atoms with E-state index in [1.54, 1.807) is 6.07 Å². The van der Waals surface area contributed by atoms with Gasteiger partial charge >= 0.3 is 0 Å². The van der Waals surface area contributed by atoms with Crippen molar-refractivity contribution in [1.29, 1.82) is 0 Å². The molecule has 1 saturated carbocycles. The smallest absolute Gasteiger partial charge is 0.253 e. The van der Waals surface area contributed by atoms with Crippen LogP contribution in [0.5, 0.6) is 0 Å². The maximum atomic E-state index is 12.2. The lowest BCUT2D eigenvalue weighted by molar-refractivity contribution is 0.0868. The predicted molar refractivity (Wildman–Crippen MR) is 71.3 cm³/mol. The normalized spacial score (nSPS) is 23.7. The minimum absolute atomic E-state index is 0.105. The number of nitrogens with one attached hydrogen (secondary N) is 1. The molecule has 1 aromatic carbocycles. The molecule has 0 saturated heterocycles. The van der Waals surface area contributed by atoms with Crippen molar-refractivity contribution in [3.63, 3.8) is 0 Å². The van der Waals surface area contributed by atoms with E-state index in [-0.39, 0.29) is 18.1 Å². The van der Waals surface area contributed by atoms with Crippen LogP contribution in [0.2, 0.25) is 0 Å². The van der Waals surface area contributed by atoms with E-state index in [1.165, 1.54) is 0 Å². The number of aliphatic hydroxyl groups is 1. The Hall–Kier alpha value is -1.55. The van der Waals surface area contributed by atoms with Crippen LogP contribution in [0.1, 0.15) is 41.6 Å². The molecule has 0 aromatic heterocycles. The highest BCUT2D eigenvalue weighted by atomic mass is 16.3. The number of carbonyl (C=O) groups excluding carboxylic acids is 1. The molecular formula is C14H20N2O2. The highest BCUT2D eigenvalue weighted by Crippen LogP contribution is 2.20. The Morgan fingerprint density at radius 3 is 2.61 bits per heavy atom. The third kappa shape index (κ3) is 2.82. The van der Waals surface area contributed by atoms with Crippen LogP contribution in [0, 0.1) is 6.92 Å². The first-order valence-electron chi connectivity index (χ1n) is 6.42. The summed E-state index contributed by atoms with van der Waals surface area (Å²) in [6.45, 7) is 1.88. The van der Waals surface area contributed by atoms with E-state index in [9.17, 15) is 9.90 Å². The number of hydrogen-bond acceptors (Lipinski definition) is 3. The van der Waals surface area contributed by atoms with Gasteiger partial charge in [0.05, 0.1) is 11.7 Å². The van der Waals surface area contributed by atoms with Crippen LogP contribution in [0.15, 0.2) is 18.2 Å². The highest BCUT2D eigenvalue weighted by molar-refractivity contribution is 6.00. The molecule has 0 heterocycles. The van der Waals surface area contributed by atoms with Gasteiger partial charge in [0.1, 0.15) is 0 Å². The maximum absolute atomic E-state index is 12.2. The summed E-state index contributed by atoms with van der Waals surface area (Å²) in [5.41, 5.74) is 7.83. The van der Waals surface area contributed by atoms with E-state index in [0.717, 1.165) is 31.2 Å². The summed E-state index contributed by atoms with van der Waals surface area (Å²) in [4.78, 5) is 12.2. The molecule has 0 unspecified atom stereocenters. The molecule has 1 amide bonds. The van der Waals surface area contributed by atoms with Crippen molar-refractivity contribution in [2.24, 2.45) is 0 Å².